The van der Waals surface area contributed by atoms with E-state index >= 15 is 0 Å². The first kappa shape index (κ1) is 15.3. The van der Waals surface area contributed by atoms with Crippen LogP contribution in [0, 0.1) is 17.6 Å². The molecular formula is C16H21F2NOS. The third-order valence-electron chi connectivity index (χ3n) is 4.71. The third kappa shape index (κ3) is 3.41. The minimum absolute atomic E-state index is 0.0579. The first-order chi connectivity index (χ1) is 10.1. The van der Waals surface area contributed by atoms with Gasteiger partial charge in [-0.15, -0.1) is 0 Å². The van der Waals surface area contributed by atoms with Crippen LogP contribution < -0.4 is 5.73 Å². The van der Waals surface area contributed by atoms with Gasteiger partial charge < -0.3 is 10.5 Å². The Labute approximate surface area is 128 Å². The number of nitrogens with two attached hydrogens (primary N) is 1. The topological polar surface area (TPSA) is 35.2 Å². The summed E-state index contributed by atoms with van der Waals surface area (Å²) < 4.78 is 32.8. The zero-order chi connectivity index (χ0) is 14.9. The Morgan fingerprint density at radius 1 is 1.19 bits per heavy atom. The van der Waals surface area contributed by atoms with Crippen molar-refractivity contribution in [3.05, 3.63) is 35.4 Å². The predicted molar refractivity (Wildman–Crippen MR) is 81.3 cm³/mol. The summed E-state index contributed by atoms with van der Waals surface area (Å²) in [6.07, 6.45) is 3.86. The molecular weight excluding hydrogens is 292 g/mol. The van der Waals surface area contributed by atoms with Crippen molar-refractivity contribution in [2.45, 2.75) is 37.3 Å². The summed E-state index contributed by atoms with van der Waals surface area (Å²) in [5.41, 5.74) is 6.80. The van der Waals surface area contributed by atoms with Crippen molar-refractivity contribution >= 4 is 11.8 Å². The van der Waals surface area contributed by atoms with E-state index in [2.05, 4.69) is 0 Å². The van der Waals surface area contributed by atoms with Gasteiger partial charge in [-0.1, -0.05) is 0 Å². The first-order valence-corrected chi connectivity index (χ1v) is 8.67. The van der Waals surface area contributed by atoms with Crippen LogP contribution in [0.15, 0.2) is 18.2 Å². The fourth-order valence-corrected chi connectivity index (χ4v) is 4.74. The van der Waals surface area contributed by atoms with Crippen molar-refractivity contribution in [1.82, 2.24) is 0 Å². The Balaban J connectivity index is 1.76. The molecule has 2 aliphatic rings. The molecule has 116 valence electrons. The molecule has 2 heterocycles. The third-order valence-corrected chi connectivity index (χ3v) is 5.70. The van der Waals surface area contributed by atoms with Gasteiger partial charge in [0.05, 0.1) is 5.60 Å². The fourth-order valence-electron chi connectivity index (χ4n) is 3.50. The lowest BCUT2D eigenvalue weighted by Gasteiger charge is -2.44. The minimum Gasteiger partial charge on any atom is -0.375 e. The maximum Gasteiger partial charge on any atom is 0.126 e. The van der Waals surface area contributed by atoms with Crippen molar-refractivity contribution in [2.24, 2.45) is 11.7 Å². The maximum absolute atomic E-state index is 13.4. The lowest BCUT2D eigenvalue weighted by molar-refractivity contribution is -0.105. The number of hydrogen-bond donors (Lipinski definition) is 1. The van der Waals surface area contributed by atoms with E-state index in [-0.39, 0.29) is 17.6 Å². The van der Waals surface area contributed by atoms with Crippen molar-refractivity contribution in [1.29, 1.82) is 0 Å². The predicted octanol–water partition coefficient (Wildman–Crippen LogP) is 3.66. The van der Waals surface area contributed by atoms with Gasteiger partial charge in [0.25, 0.3) is 0 Å². The average molecular weight is 313 g/mol. The molecule has 0 aliphatic carbocycles. The van der Waals surface area contributed by atoms with Crippen LogP contribution in [0.3, 0.4) is 0 Å². The van der Waals surface area contributed by atoms with E-state index in [0.29, 0.717) is 12.2 Å². The molecule has 0 aromatic heterocycles. The van der Waals surface area contributed by atoms with Crippen LogP contribution in [-0.2, 0) is 4.74 Å². The Morgan fingerprint density at radius 2 is 1.86 bits per heavy atom. The van der Waals surface area contributed by atoms with Gasteiger partial charge in [-0.05, 0) is 60.8 Å². The van der Waals surface area contributed by atoms with Crippen LogP contribution in [0.1, 0.15) is 37.3 Å². The molecule has 1 spiro atoms. The van der Waals surface area contributed by atoms with Gasteiger partial charge in [-0.2, -0.15) is 11.8 Å². The second kappa shape index (κ2) is 6.23. The highest BCUT2D eigenvalue weighted by Crippen LogP contribution is 2.43. The quantitative estimate of drug-likeness (QED) is 0.905. The summed E-state index contributed by atoms with van der Waals surface area (Å²) in [5.74, 6) is 1.35. The van der Waals surface area contributed by atoms with E-state index in [4.69, 9.17) is 10.5 Å². The average Bonchev–Trinajstić information content (AvgIpc) is 2.46. The standard InChI is InChI=1S/C16H21F2NOS/c17-13-7-12(8-14(18)9-13)15(19)11-1-4-20-16(10-11)2-5-21-6-3-16/h7-9,11,15H,1-6,10,19H2. The van der Waals surface area contributed by atoms with Gasteiger partial charge in [0.15, 0.2) is 0 Å². The van der Waals surface area contributed by atoms with Crippen LogP contribution >= 0.6 is 11.8 Å². The number of thioether (sulfide) groups is 1. The molecule has 2 fully saturated rings. The molecule has 5 heteroatoms. The number of hydrogen-bond acceptors (Lipinski definition) is 3. The molecule has 3 rings (SSSR count). The highest BCUT2D eigenvalue weighted by Gasteiger charge is 2.40. The van der Waals surface area contributed by atoms with E-state index < -0.39 is 11.6 Å². The van der Waals surface area contributed by atoms with Gasteiger partial charge in [0.1, 0.15) is 11.6 Å². The van der Waals surface area contributed by atoms with E-state index in [1.165, 1.54) is 12.1 Å². The molecule has 1 aromatic rings. The molecule has 2 saturated heterocycles. The summed E-state index contributed by atoms with van der Waals surface area (Å²) in [5, 5.41) is 0. The first-order valence-electron chi connectivity index (χ1n) is 7.51. The van der Waals surface area contributed by atoms with E-state index in [1.807, 2.05) is 11.8 Å². The highest BCUT2D eigenvalue weighted by molar-refractivity contribution is 7.99. The van der Waals surface area contributed by atoms with Gasteiger partial charge in [0.2, 0.25) is 0 Å². The summed E-state index contributed by atoms with van der Waals surface area (Å²) >= 11 is 1.96. The van der Waals surface area contributed by atoms with Crippen LogP contribution in [0.2, 0.25) is 0 Å². The van der Waals surface area contributed by atoms with Crippen LogP contribution in [0.5, 0.6) is 0 Å². The number of benzene rings is 1. The van der Waals surface area contributed by atoms with Gasteiger partial charge in [0, 0.05) is 18.7 Å². The molecule has 2 nitrogen and oxygen atoms in total. The molecule has 2 aliphatic heterocycles. The molecule has 2 unspecified atom stereocenters. The zero-order valence-electron chi connectivity index (χ0n) is 12.0. The van der Waals surface area contributed by atoms with E-state index in [9.17, 15) is 8.78 Å². The summed E-state index contributed by atoms with van der Waals surface area (Å²) in [6, 6.07) is 3.27. The van der Waals surface area contributed by atoms with Crippen LogP contribution in [-0.4, -0.2) is 23.7 Å². The molecule has 0 amide bonds. The highest BCUT2D eigenvalue weighted by atomic mass is 32.2. The van der Waals surface area contributed by atoms with Gasteiger partial charge in [-0.25, -0.2) is 8.78 Å². The van der Waals surface area contributed by atoms with Crippen molar-refractivity contribution in [3.63, 3.8) is 0 Å². The van der Waals surface area contributed by atoms with Gasteiger partial charge in [-0.3, -0.25) is 0 Å². The minimum atomic E-state index is -0.559. The molecule has 2 N–H and O–H groups in total. The number of halogens is 2. The zero-order valence-corrected chi connectivity index (χ0v) is 12.8. The fraction of sp³-hybridized carbons (Fsp3) is 0.625. The monoisotopic (exact) mass is 313 g/mol. The van der Waals surface area contributed by atoms with Crippen molar-refractivity contribution < 1.29 is 13.5 Å². The van der Waals surface area contributed by atoms with Crippen LogP contribution in [0.25, 0.3) is 0 Å². The molecule has 0 bridgehead atoms. The summed E-state index contributed by atoms with van der Waals surface area (Å²) in [7, 11) is 0. The van der Waals surface area contributed by atoms with Gasteiger partial charge >= 0.3 is 0 Å². The van der Waals surface area contributed by atoms with Crippen LogP contribution in [0.4, 0.5) is 8.78 Å². The van der Waals surface area contributed by atoms with Crippen molar-refractivity contribution in [2.75, 3.05) is 18.1 Å². The number of ether oxygens (including phenoxy) is 1. The number of rotatable bonds is 2. The summed E-state index contributed by atoms with van der Waals surface area (Å²) in [4.78, 5) is 0. The Morgan fingerprint density at radius 3 is 2.52 bits per heavy atom. The normalized spacial score (nSPS) is 26.7. The van der Waals surface area contributed by atoms with Crippen molar-refractivity contribution in [3.8, 4) is 0 Å². The second-order valence-corrected chi connectivity index (χ2v) is 7.35. The Kier molecular flexibility index (Phi) is 4.52. The lowest BCUT2D eigenvalue weighted by atomic mass is 9.77. The molecule has 2 atom stereocenters. The molecule has 0 radical (unpaired) electrons. The molecule has 21 heavy (non-hydrogen) atoms. The largest absolute Gasteiger partial charge is 0.375 e. The summed E-state index contributed by atoms with van der Waals surface area (Å²) in [6.45, 7) is 0.695. The SMILES string of the molecule is NC(c1cc(F)cc(F)c1)C1CCOC2(CCSCC2)C1. The lowest BCUT2D eigenvalue weighted by Crippen LogP contribution is -2.45. The second-order valence-electron chi connectivity index (χ2n) is 6.13. The maximum atomic E-state index is 13.4. The Hall–Kier alpha value is -0.650. The Bertz CT molecular complexity index is 479. The van der Waals surface area contributed by atoms with E-state index in [0.717, 1.165) is 43.3 Å². The molecule has 1 aromatic carbocycles. The molecule has 0 saturated carbocycles. The smallest absolute Gasteiger partial charge is 0.126 e. The van der Waals surface area contributed by atoms with E-state index in [1.54, 1.807) is 0 Å².